The highest BCUT2D eigenvalue weighted by Gasteiger charge is 2.06. The van der Waals surface area contributed by atoms with Crippen molar-refractivity contribution in [3.63, 3.8) is 0 Å². The number of nitrogens with zero attached hydrogens (tertiary/aromatic N) is 1. The van der Waals surface area contributed by atoms with Crippen molar-refractivity contribution < 1.29 is 14.3 Å². The summed E-state index contributed by atoms with van der Waals surface area (Å²) in [5.41, 5.74) is -0.223. The van der Waals surface area contributed by atoms with Gasteiger partial charge in [-0.25, -0.2) is 0 Å². The van der Waals surface area contributed by atoms with Crippen LogP contribution in [-0.2, 0) is 16.1 Å². The Morgan fingerprint density at radius 3 is 2.76 bits per heavy atom. The van der Waals surface area contributed by atoms with Crippen LogP contribution in [0.2, 0.25) is 0 Å². The van der Waals surface area contributed by atoms with Gasteiger partial charge in [-0.05, 0) is 26.0 Å². The van der Waals surface area contributed by atoms with Crippen molar-refractivity contribution in [2.45, 2.75) is 26.8 Å². The number of carbonyl (C=O) groups excluding carboxylic acids is 1. The van der Waals surface area contributed by atoms with Gasteiger partial charge in [0.15, 0.2) is 5.75 Å². The third kappa shape index (κ3) is 3.94. The van der Waals surface area contributed by atoms with E-state index >= 15 is 0 Å². The maximum absolute atomic E-state index is 11.8. The molecular formula is C12H17NO4. The molecule has 5 nitrogen and oxygen atoms in total. The Bertz CT molecular complexity index is 425. The third-order valence-electron chi connectivity index (χ3n) is 2.15. The molecule has 0 unspecified atom stereocenters. The number of aromatic nitrogens is 1. The molecule has 0 radical (unpaired) electrons. The van der Waals surface area contributed by atoms with Crippen molar-refractivity contribution in [3.05, 3.63) is 28.7 Å². The van der Waals surface area contributed by atoms with E-state index in [1.165, 1.54) is 4.57 Å². The van der Waals surface area contributed by atoms with Crippen molar-refractivity contribution in [2.75, 3.05) is 13.2 Å². The Balaban J connectivity index is 2.68. The molecule has 0 fully saturated rings. The van der Waals surface area contributed by atoms with Gasteiger partial charge in [-0.2, -0.15) is 0 Å². The average molecular weight is 239 g/mol. The fourth-order valence-corrected chi connectivity index (χ4v) is 1.40. The molecule has 0 aliphatic carbocycles. The lowest BCUT2D eigenvalue weighted by molar-refractivity contribution is -0.143. The maximum Gasteiger partial charge on any atom is 0.307 e. The van der Waals surface area contributed by atoms with Gasteiger partial charge >= 0.3 is 5.97 Å². The highest BCUT2D eigenvalue weighted by atomic mass is 16.5. The number of hydrogen-bond donors (Lipinski definition) is 0. The highest BCUT2D eigenvalue weighted by molar-refractivity contribution is 5.69. The van der Waals surface area contributed by atoms with Crippen LogP contribution in [0.25, 0.3) is 0 Å². The predicted octanol–water partition coefficient (Wildman–Crippen LogP) is 1.20. The Hall–Kier alpha value is -1.78. The first-order valence-corrected chi connectivity index (χ1v) is 5.66. The number of hydrogen-bond acceptors (Lipinski definition) is 4. The number of pyridine rings is 1. The molecule has 0 saturated carbocycles. The summed E-state index contributed by atoms with van der Waals surface area (Å²) in [6.07, 6.45) is 1.81. The Morgan fingerprint density at radius 1 is 1.35 bits per heavy atom. The summed E-state index contributed by atoms with van der Waals surface area (Å²) in [7, 11) is 0. The van der Waals surface area contributed by atoms with Gasteiger partial charge in [0.2, 0.25) is 0 Å². The molecule has 5 heteroatoms. The molecule has 0 aromatic carbocycles. The quantitative estimate of drug-likeness (QED) is 0.700. The van der Waals surface area contributed by atoms with E-state index in [2.05, 4.69) is 0 Å². The highest BCUT2D eigenvalue weighted by Crippen LogP contribution is 2.02. The molecule has 1 aromatic heterocycles. The minimum absolute atomic E-state index is 0.184. The lowest BCUT2D eigenvalue weighted by Crippen LogP contribution is -2.22. The van der Waals surface area contributed by atoms with Crippen molar-refractivity contribution in [1.29, 1.82) is 0 Å². The summed E-state index contributed by atoms with van der Waals surface area (Å²) in [4.78, 5) is 23.0. The number of rotatable bonds is 6. The Labute approximate surface area is 100.0 Å². The molecule has 0 aliphatic heterocycles. The van der Waals surface area contributed by atoms with Crippen LogP contribution in [0.3, 0.4) is 0 Å². The second kappa shape index (κ2) is 6.73. The molecule has 1 heterocycles. The van der Waals surface area contributed by atoms with Crippen molar-refractivity contribution in [3.8, 4) is 5.75 Å². The number of carbonyl (C=O) groups is 1. The van der Waals surface area contributed by atoms with Crippen molar-refractivity contribution >= 4 is 5.97 Å². The van der Waals surface area contributed by atoms with E-state index < -0.39 is 0 Å². The fraction of sp³-hybridized carbons (Fsp3) is 0.500. The predicted molar refractivity (Wildman–Crippen MR) is 63.1 cm³/mol. The lowest BCUT2D eigenvalue weighted by Gasteiger charge is -2.07. The summed E-state index contributed by atoms with van der Waals surface area (Å²) in [5.74, 6) is 0.0000665. The Morgan fingerprint density at radius 2 is 2.12 bits per heavy atom. The van der Waals surface area contributed by atoms with E-state index in [4.69, 9.17) is 9.47 Å². The van der Waals surface area contributed by atoms with Gasteiger partial charge in [-0.15, -0.1) is 0 Å². The zero-order chi connectivity index (χ0) is 12.7. The molecule has 0 bridgehead atoms. The van der Waals surface area contributed by atoms with Gasteiger partial charge in [0.05, 0.1) is 19.6 Å². The van der Waals surface area contributed by atoms with Crippen LogP contribution in [0.15, 0.2) is 23.1 Å². The van der Waals surface area contributed by atoms with Gasteiger partial charge in [0, 0.05) is 12.7 Å². The van der Waals surface area contributed by atoms with Crippen molar-refractivity contribution in [2.24, 2.45) is 0 Å². The number of ether oxygens (including phenoxy) is 2. The van der Waals surface area contributed by atoms with Crippen LogP contribution in [0.5, 0.6) is 5.75 Å². The molecule has 1 rings (SSSR count). The SMILES string of the molecule is CCOC(=O)CCn1cccc(OCC)c1=O. The second-order valence-electron chi connectivity index (χ2n) is 3.36. The zero-order valence-electron chi connectivity index (χ0n) is 10.1. The van der Waals surface area contributed by atoms with Gasteiger partial charge in [0.1, 0.15) is 0 Å². The molecule has 0 N–H and O–H groups in total. The lowest BCUT2D eigenvalue weighted by atomic mass is 10.4. The summed E-state index contributed by atoms with van der Waals surface area (Å²) < 4.78 is 11.4. The summed E-state index contributed by atoms with van der Waals surface area (Å²) in [6.45, 7) is 4.66. The second-order valence-corrected chi connectivity index (χ2v) is 3.36. The molecule has 1 aromatic rings. The normalized spacial score (nSPS) is 10.0. The molecule has 0 saturated heterocycles. The summed E-state index contributed by atoms with van der Waals surface area (Å²) in [5, 5.41) is 0. The first kappa shape index (κ1) is 13.3. The smallest absolute Gasteiger partial charge is 0.307 e. The van der Waals surface area contributed by atoms with Crippen LogP contribution in [0, 0.1) is 0 Å². The molecule has 0 aliphatic rings. The van der Waals surface area contributed by atoms with Crippen LogP contribution >= 0.6 is 0 Å². The minimum atomic E-state index is -0.304. The number of aryl methyl sites for hydroxylation is 1. The van der Waals surface area contributed by atoms with Crippen molar-refractivity contribution in [1.82, 2.24) is 4.57 Å². The molecule has 0 atom stereocenters. The van der Waals surface area contributed by atoms with E-state index in [-0.39, 0.29) is 17.9 Å². The first-order valence-electron chi connectivity index (χ1n) is 5.66. The van der Waals surface area contributed by atoms with Gasteiger partial charge in [-0.3, -0.25) is 9.59 Å². The monoisotopic (exact) mass is 239 g/mol. The fourth-order valence-electron chi connectivity index (χ4n) is 1.40. The summed E-state index contributed by atoms with van der Waals surface area (Å²) >= 11 is 0. The van der Waals surface area contributed by atoms with E-state index in [0.717, 1.165) is 0 Å². The van der Waals surface area contributed by atoms with E-state index in [0.29, 0.717) is 25.5 Å². The van der Waals surface area contributed by atoms with Gasteiger partial charge in [-0.1, -0.05) is 0 Å². The largest absolute Gasteiger partial charge is 0.488 e. The first-order chi connectivity index (χ1) is 8.19. The third-order valence-corrected chi connectivity index (χ3v) is 2.15. The molecule has 94 valence electrons. The van der Waals surface area contributed by atoms with Crippen LogP contribution in [0.4, 0.5) is 0 Å². The minimum Gasteiger partial charge on any atom is -0.488 e. The van der Waals surface area contributed by atoms with Gasteiger partial charge < -0.3 is 14.0 Å². The van der Waals surface area contributed by atoms with E-state index in [1.807, 2.05) is 6.92 Å². The van der Waals surface area contributed by atoms with Gasteiger partial charge in [0.25, 0.3) is 5.56 Å². The Kier molecular flexibility index (Phi) is 5.26. The van der Waals surface area contributed by atoms with E-state index in [1.54, 1.807) is 25.3 Å². The van der Waals surface area contributed by atoms with Crippen LogP contribution in [-0.4, -0.2) is 23.8 Å². The van der Waals surface area contributed by atoms with Crippen LogP contribution < -0.4 is 10.3 Å². The maximum atomic E-state index is 11.8. The summed E-state index contributed by atoms with van der Waals surface area (Å²) in [6, 6.07) is 3.34. The van der Waals surface area contributed by atoms with Crippen LogP contribution in [0.1, 0.15) is 20.3 Å². The molecular weight excluding hydrogens is 222 g/mol. The topological polar surface area (TPSA) is 57.5 Å². The molecule has 0 amide bonds. The van der Waals surface area contributed by atoms with E-state index in [9.17, 15) is 9.59 Å². The average Bonchev–Trinajstić information content (AvgIpc) is 2.31. The molecule has 17 heavy (non-hydrogen) atoms. The molecule has 0 spiro atoms. The zero-order valence-corrected chi connectivity index (χ0v) is 10.1. The standard InChI is InChI=1S/C12H17NO4/c1-3-16-10-6-5-8-13(12(10)15)9-7-11(14)17-4-2/h5-6,8H,3-4,7,9H2,1-2H3. The number of esters is 1.